The Hall–Kier alpha value is -1.81. The van der Waals surface area contributed by atoms with Gasteiger partial charge in [0.15, 0.2) is 0 Å². The molecule has 0 aliphatic carbocycles. The van der Waals surface area contributed by atoms with Gasteiger partial charge >= 0.3 is 0 Å². The van der Waals surface area contributed by atoms with Crippen molar-refractivity contribution in [2.45, 2.75) is 6.42 Å². The zero-order valence-electron chi connectivity index (χ0n) is 9.52. The molecule has 1 aromatic heterocycles. The maximum absolute atomic E-state index is 5.92. The first-order chi connectivity index (χ1) is 8.33. The first-order valence-corrected chi connectivity index (χ1v) is 6.25. The number of hydrogen-bond donors (Lipinski definition) is 2. The second kappa shape index (κ2) is 5.50. The van der Waals surface area contributed by atoms with Crippen LogP contribution >= 0.6 is 11.5 Å². The van der Waals surface area contributed by atoms with E-state index in [0.717, 1.165) is 29.1 Å². The molecule has 4 heteroatoms. The van der Waals surface area contributed by atoms with Gasteiger partial charge in [-0.3, -0.25) is 0 Å². The van der Waals surface area contributed by atoms with Crippen LogP contribution in [0.5, 0.6) is 0 Å². The van der Waals surface area contributed by atoms with Crippen LogP contribution in [0.3, 0.4) is 0 Å². The van der Waals surface area contributed by atoms with Crippen molar-refractivity contribution in [2.75, 3.05) is 17.6 Å². The summed E-state index contributed by atoms with van der Waals surface area (Å²) < 4.78 is 4.20. The van der Waals surface area contributed by atoms with Gasteiger partial charge in [0.2, 0.25) is 0 Å². The lowest BCUT2D eigenvalue weighted by molar-refractivity contribution is 1.08. The van der Waals surface area contributed by atoms with E-state index in [9.17, 15) is 0 Å². The Morgan fingerprint density at radius 2 is 2.12 bits per heavy atom. The molecule has 0 bridgehead atoms. The van der Waals surface area contributed by atoms with E-state index in [1.54, 1.807) is 0 Å². The molecule has 0 fully saturated rings. The molecule has 0 radical (unpaired) electrons. The molecule has 3 nitrogen and oxygen atoms in total. The molecule has 2 aromatic rings. The van der Waals surface area contributed by atoms with E-state index in [2.05, 4.69) is 16.3 Å². The van der Waals surface area contributed by atoms with Gasteiger partial charge in [-0.25, -0.2) is 0 Å². The molecule has 3 N–H and O–H groups in total. The fourth-order valence-corrected chi connectivity index (χ4v) is 2.36. The normalized spacial score (nSPS) is 10.1. The predicted molar refractivity (Wildman–Crippen MR) is 75.3 cm³/mol. The minimum Gasteiger partial charge on any atom is -0.382 e. The van der Waals surface area contributed by atoms with Crippen LogP contribution in [-0.4, -0.2) is 10.9 Å². The van der Waals surface area contributed by atoms with Gasteiger partial charge in [-0.2, -0.15) is 4.37 Å². The summed E-state index contributed by atoms with van der Waals surface area (Å²) in [5.41, 5.74) is 8.01. The van der Waals surface area contributed by atoms with Crippen LogP contribution in [0.15, 0.2) is 43.0 Å². The molecular weight excluding hydrogens is 230 g/mol. The maximum atomic E-state index is 5.92. The maximum Gasteiger partial charge on any atom is 0.147 e. The van der Waals surface area contributed by atoms with Crippen molar-refractivity contribution in [3.05, 3.63) is 43.0 Å². The van der Waals surface area contributed by atoms with Crippen molar-refractivity contribution in [1.82, 2.24) is 4.37 Å². The summed E-state index contributed by atoms with van der Waals surface area (Å²) >= 11 is 1.40. The molecule has 0 saturated carbocycles. The van der Waals surface area contributed by atoms with Crippen molar-refractivity contribution in [2.24, 2.45) is 0 Å². The highest BCUT2D eigenvalue weighted by Crippen LogP contribution is 2.36. The third-order valence-electron chi connectivity index (χ3n) is 2.41. The van der Waals surface area contributed by atoms with Crippen LogP contribution < -0.4 is 11.1 Å². The van der Waals surface area contributed by atoms with Gasteiger partial charge in [0.25, 0.3) is 0 Å². The number of nitrogens with one attached hydrogen (secondary N) is 1. The minimum absolute atomic E-state index is 0.585. The Bertz CT molecular complexity index is 491. The Labute approximate surface area is 105 Å². The fraction of sp³-hybridized carbons (Fsp3) is 0.154. The lowest BCUT2D eigenvalue weighted by Gasteiger charge is -2.05. The second-order valence-corrected chi connectivity index (χ2v) is 4.42. The highest BCUT2D eigenvalue weighted by Gasteiger charge is 2.12. The monoisotopic (exact) mass is 245 g/mol. The van der Waals surface area contributed by atoms with E-state index in [4.69, 9.17) is 5.73 Å². The van der Waals surface area contributed by atoms with Gasteiger partial charge in [-0.1, -0.05) is 36.4 Å². The number of nitrogens with zero attached hydrogens (tertiary/aromatic N) is 1. The topological polar surface area (TPSA) is 50.9 Å². The van der Waals surface area contributed by atoms with E-state index >= 15 is 0 Å². The largest absolute Gasteiger partial charge is 0.382 e. The van der Waals surface area contributed by atoms with Crippen LogP contribution in [0.2, 0.25) is 0 Å². The Balaban J connectivity index is 2.27. The molecule has 17 heavy (non-hydrogen) atoms. The third-order valence-corrected chi connectivity index (χ3v) is 3.23. The minimum atomic E-state index is 0.585. The highest BCUT2D eigenvalue weighted by molar-refractivity contribution is 7.11. The summed E-state index contributed by atoms with van der Waals surface area (Å²) in [6.45, 7) is 4.55. The number of nitrogen functional groups attached to an aromatic ring is 1. The number of nitrogens with two attached hydrogens (primary N) is 1. The highest BCUT2D eigenvalue weighted by atomic mass is 32.1. The molecule has 1 aromatic carbocycles. The van der Waals surface area contributed by atoms with Crippen LogP contribution in [0.25, 0.3) is 11.1 Å². The zero-order chi connectivity index (χ0) is 12.1. The molecular formula is C13H15N3S. The molecule has 1 heterocycles. The first kappa shape index (κ1) is 11.7. The summed E-state index contributed by atoms with van der Waals surface area (Å²) in [4.78, 5) is 0. The van der Waals surface area contributed by atoms with Crippen molar-refractivity contribution in [1.29, 1.82) is 0 Å². The van der Waals surface area contributed by atoms with Crippen molar-refractivity contribution in [3.63, 3.8) is 0 Å². The SMILES string of the molecule is C=CCCNc1snc(N)c1-c1ccccc1. The third kappa shape index (κ3) is 2.65. The standard InChI is InChI=1S/C13H15N3S/c1-2-3-9-15-13-11(12(14)16-17-13)10-7-5-4-6-8-10/h2,4-8,15H,1,3,9H2,(H2,14,16). The lowest BCUT2D eigenvalue weighted by Crippen LogP contribution is -1.99. The van der Waals surface area contributed by atoms with Crippen molar-refractivity contribution < 1.29 is 0 Å². The predicted octanol–water partition coefficient (Wildman–Crippen LogP) is 3.38. The lowest BCUT2D eigenvalue weighted by atomic mass is 10.1. The van der Waals surface area contributed by atoms with Crippen LogP contribution in [0, 0.1) is 0 Å². The van der Waals surface area contributed by atoms with Gasteiger partial charge in [-0.15, -0.1) is 6.58 Å². The molecule has 0 spiro atoms. The van der Waals surface area contributed by atoms with Gasteiger partial charge in [0.05, 0.1) is 5.56 Å². The van der Waals surface area contributed by atoms with Crippen molar-refractivity contribution in [3.8, 4) is 11.1 Å². The summed E-state index contributed by atoms with van der Waals surface area (Å²) in [5, 5.41) is 4.36. The molecule has 88 valence electrons. The van der Waals surface area contributed by atoms with Gasteiger partial charge in [0.1, 0.15) is 10.8 Å². The van der Waals surface area contributed by atoms with Crippen molar-refractivity contribution >= 4 is 22.4 Å². The Morgan fingerprint density at radius 1 is 1.35 bits per heavy atom. The molecule has 0 saturated heterocycles. The number of aromatic nitrogens is 1. The summed E-state index contributed by atoms with van der Waals surface area (Å²) in [6, 6.07) is 10.1. The summed E-state index contributed by atoms with van der Waals surface area (Å²) in [5.74, 6) is 0.585. The number of hydrogen-bond acceptors (Lipinski definition) is 4. The van der Waals surface area contributed by atoms with E-state index < -0.39 is 0 Å². The average Bonchev–Trinajstić information content (AvgIpc) is 2.72. The Kier molecular flexibility index (Phi) is 3.77. The molecule has 0 amide bonds. The number of benzene rings is 1. The molecule has 0 aliphatic heterocycles. The van der Waals surface area contributed by atoms with Crippen LogP contribution in [0.1, 0.15) is 6.42 Å². The number of rotatable bonds is 5. The first-order valence-electron chi connectivity index (χ1n) is 5.48. The van der Waals surface area contributed by atoms with E-state index in [-0.39, 0.29) is 0 Å². The van der Waals surface area contributed by atoms with E-state index in [0.29, 0.717) is 5.82 Å². The molecule has 0 aliphatic rings. The molecule has 0 atom stereocenters. The molecule has 0 unspecified atom stereocenters. The van der Waals surface area contributed by atoms with Gasteiger partial charge in [0, 0.05) is 6.54 Å². The van der Waals surface area contributed by atoms with Gasteiger partial charge < -0.3 is 11.1 Å². The van der Waals surface area contributed by atoms with E-state index in [1.165, 1.54) is 11.5 Å². The molecule has 2 rings (SSSR count). The fourth-order valence-electron chi connectivity index (χ4n) is 1.59. The number of anilines is 2. The van der Waals surface area contributed by atoms with Crippen LogP contribution in [-0.2, 0) is 0 Å². The second-order valence-electron chi connectivity index (χ2n) is 3.64. The van der Waals surface area contributed by atoms with E-state index in [1.807, 2.05) is 36.4 Å². The summed E-state index contributed by atoms with van der Waals surface area (Å²) in [6.07, 6.45) is 2.81. The average molecular weight is 245 g/mol. The van der Waals surface area contributed by atoms with Gasteiger partial charge in [-0.05, 0) is 23.5 Å². The Morgan fingerprint density at radius 3 is 2.82 bits per heavy atom. The zero-order valence-corrected chi connectivity index (χ0v) is 10.3. The smallest absolute Gasteiger partial charge is 0.147 e. The quantitative estimate of drug-likeness (QED) is 0.627. The van der Waals surface area contributed by atoms with Crippen LogP contribution in [0.4, 0.5) is 10.8 Å². The summed E-state index contributed by atoms with van der Waals surface area (Å²) in [7, 11) is 0.